The van der Waals surface area contributed by atoms with Gasteiger partial charge in [-0.05, 0) is 24.3 Å². The second-order valence-electron chi connectivity index (χ2n) is 5.15. The lowest BCUT2D eigenvalue weighted by Crippen LogP contribution is -2.27. The Morgan fingerprint density at radius 3 is 2.72 bits per heavy atom. The van der Waals surface area contributed by atoms with E-state index >= 15 is 0 Å². The normalized spacial score (nSPS) is 11.6. The molecule has 3 rings (SSSR count). The number of para-hydroxylation sites is 1. The summed E-state index contributed by atoms with van der Waals surface area (Å²) < 4.78 is 34.1. The van der Waals surface area contributed by atoms with Crippen molar-refractivity contribution in [3.8, 4) is 5.75 Å². The van der Waals surface area contributed by atoms with E-state index in [1.165, 1.54) is 13.2 Å². The van der Waals surface area contributed by atoms with Gasteiger partial charge in [0.1, 0.15) is 16.5 Å². The Hall–Kier alpha value is -2.72. The predicted octanol–water partition coefficient (Wildman–Crippen LogP) is 0.696. The lowest BCUT2D eigenvalue weighted by Gasteiger charge is -2.10. The Morgan fingerprint density at radius 2 is 1.96 bits per heavy atom. The first kappa shape index (κ1) is 17.1. The van der Waals surface area contributed by atoms with Crippen molar-refractivity contribution in [2.24, 2.45) is 0 Å². The van der Waals surface area contributed by atoms with Crippen LogP contribution < -0.4 is 14.8 Å². The fraction of sp³-hybridized carbons (Fsp3) is 0.267. The molecule has 0 fully saturated rings. The van der Waals surface area contributed by atoms with Crippen molar-refractivity contribution in [3.05, 3.63) is 42.2 Å². The molecule has 1 aromatic carbocycles. The van der Waals surface area contributed by atoms with Gasteiger partial charge in [0.05, 0.1) is 7.11 Å². The fourth-order valence-corrected chi connectivity index (χ4v) is 3.54. The van der Waals surface area contributed by atoms with Crippen LogP contribution in [0.25, 0.3) is 5.65 Å². The molecule has 0 spiro atoms. The highest BCUT2D eigenvalue weighted by atomic mass is 32.2. The quantitative estimate of drug-likeness (QED) is 0.636. The second-order valence-corrected chi connectivity index (χ2v) is 6.89. The molecule has 132 valence electrons. The number of nitrogens with one attached hydrogen (secondary N) is 2. The van der Waals surface area contributed by atoms with Crippen LogP contribution in [0.2, 0.25) is 0 Å². The summed E-state index contributed by atoms with van der Waals surface area (Å²) in [5, 5.41) is 15.4. The molecular weight excluding hydrogens is 344 g/mol. The molecule has 0 bridgehead atoms. The summed E-state index contributed by atoms with van der Waals surface area (Å²) in [4.78, 5) is 0.0965. The predicted molar refractivity (Wildman–Crippen MR) is 92.2 cm³/mol. The number of hydrogen-bond acceptors (Lipinski definition) is 7. The number of hydrogen-bond donors (Lipinski definition) is 2. The van der Waals surface area contributed by atoms with Crippen molar-refractivity contribution in [1.82, 2.24) is 24.5 Å². The molecule has 3 aromatic rings. The molecule has 0 aliphatic rings. The lowest BCUT2D eigenvalue weighted by molar-refractivity contribution is 0.402. The maximum Gasteiger partial charge on any atom is 0.244 e. The Morgan fingerprint density at radius 1 is 1.16 bits per heavy atom. The molecule has 0 radical (unpaired) electrons. The first-order valence-corrected chi connectivity index (χ1v) is 9.05. The molecule has 0 aliphatic carbocycles. The summed E-state index contributed by atoms with van der Waals surface area (Å²) >= 11 is 0. The van der Waals surface area contributed by atoms with Crippen LogP contribution in [-0.4, -0.2) is 48.9 Å². The highest BCUT2D eigenvalue weighted by Crippen LogP contribution is 2.22. The minimum absolute atomic E-state index is 0.0965. The van der Waals surface area contributed by atoms with E-state index in [4.69, 9.17) is 4.74 Å². The average Bonchev–Trinajstić information content (AvgIpc) is 3.03. The van der Waals surface area contributed by atoms with E-state index in [1.807, 2.05) is 0 Å². The van der Waals surface area contributed by atoms with Crippen LogP contribution >= 0.6 is 0 Å². The summed E-state index contributed by atoms with van der Waals surface area (Å²) in [6.07, 6.45) is 0.343. The number of aromatic nitrogens is 4. The number of ether oxygens (including phenoxy) is 1. The molecule has 2 aromatic heterocycles. The zero-order valence-electron chi connectivity index (χ0n) is 13.8. The lowest BCUT2D eigenvalue weighted by atomic mass is 10.3. The van der Waals surface area contributed by atoms with Gasteiger partial charge in [-0.2, -0.15) is 4.52 Å². The number of rotatable bonds is 7. The number of benzene rings is 1. The molecule has 2 N–H and O–H groups in total. The second kappa shape index (κ2) is 7.03. The van der Waals surface area contributed by atoms with Crippen LogP contribution in [0.4, 0.5) is 5.82 Å². The van der Waals surface area contributed by atoms with E-state index in [0.717, 1.165) is 0 Å². The van der Waals surface area contributed by atoms with Gasteiger partial charge in [0.2, 0.25) is 10.0 Å². The van der Waals surface area contributed by atoms with Crippen LogP contribution in [0.1, 0.15) is 5.82 Å². The number of anilines is 1. The van der Waals surface area contributed by atoms with E-state index < -0.39 is 10.0 Å². The minimum atomic E-state index is -3.69. The van der Waals surface area contributed by atoms with Crippen LogP contribution in [0.3, 0.4) is 0 Å². The summed E-state index contributed by atoms with van der Waals surface area (Å²) in [5.74, 6) is 1.53. The first-order chi connectivity index (χ1) is 12.0. The van der Waals surface area contributed by atoms with E-state index in [2.05, 4.69) is 25.3 Å². The van der Waals surface area contributed by atoms with Crippen molar-refractivity contribution >= 4 is 21.5 Å². The highest BCUT2D eigenvalue weighted by molar-refractivity contribution is 7.89. The maximum absolute atomic E-state index is 12.4. The van der Waals surface area contributed by atoms with Crippen molar-refractivity contribution in [2.75, 3.05) is 26.0 Å². The molecule has 0 amide bonds. The molecule has 2 heterocycles. The van der Waals surface area contributed by atoms with E-state index in [9.17, 15) is 8.42 Å². The van der Waals surface area contributed by atoms with Gasteiger partial charge in [0.15, 0.2) is 11.5 Å². The molecule has 0 atom stereocenters. The van der Waals surface area contributed by atoms with Crippen molar-refractivity contribution in [1.29, 1.82) is 0 Å². The Kier molecular flexibility index (Phi) is 4.81. The molecule has 0 saturated heterocycles. The molecule has 10 heteroatoms. The summed E-state index contributed by atoms with van der Waals surface area (Å²) in [7, 11) is -0.492. The van der Waals surface area contributed by atoms with Crippen LogP contribution in [0.15, 0.2) is 41.3 Å². The summed E-state index contributed by atoms with van der Waals surface area (Å²) in [6.45, 7) is 0.159. The van der Waals surface area contributed by atoms with Crippen LogP contribution in [0.5, 0.6) is 5.75 Å². The third-order valence-electron chi connectivity index (χ3n) is 3.58. The van der Waals surface area contributed by atoms with Crippen molar-refractivity contribution in [3.63, 3.8) is 0 Å². The van der Waals surface area contributed by atoms with Gasteiger partial charge in [-0.1, -0.05) is 12.1 Å². The maximum atomic E-state index is 12.4. The first-order valence-electron chi connectivity index (χ1n) is 7.57. The fourth-order valence-electron chi connectivity index (χ4n) is 2.34. The van der Waals surface area contributed by atoms with Crippen LogP contribution in [-0.2, 0) is 16.4 Å². The van der Waals surface area contributed by atoms with Gasteiger partial charge in [-0.25, -0.2) is 13.1 Å². The number of fused-ring (bicyclic) bond motifs is 1. The van der Waals surface area contributed by atoms with Gasteiger partial charge >= 0.3 is 0 Å². The SMILES string of the molecule is CNc1ccc2nnc(CCNS(=O)(=O)c3ccccc3OC)n2n1. The van der Waals surface area contributed by atoms with Gasteiger partial charge in [0, 0.05) is 20.0 Å². The van der Waals surface area contributed by atoms with Crippen molar-refractivity contribution < 1.29 is 13.2 Å². The molecule has 0 unspecified atom stereocenters. The Balaban J connectivity index is 1.74. The Labute approximate surface area is 145 Å². The number of methoxy groups -OCH3 is 1. The van der Waals surface area contributed by atoms with E-state index in [0.29, 0.717) is 29.5 Å². The zero-order chi connectivity index (χ0) is 17.9. The molecule has 9 nitrogen and oxygen atoms in total. The monoisotopic (exact) mass is 362 g/mol. The van der Waals surface area contributed by atoms with Crippen LogP contribution in [0, 0.1) is 0 Å². The minimum Gasteiger partial charge on any atom is -0.495 e. The topological polar surface area (TPSA) is 111 Å². The molecular formula is C15H18N6O3S. The number of nitrogens with zero attached hydrogens (tertiary/aromatic N) is 4. The third-order valence-corrected chi connectivity index (χ3v) is 5.08. The highest BCUT2D eigenvalue weighted by Gasteiger charge is 2.19. The largest absolute Gasteiger partial charge is 0.495 e. The molecule has 25 heavy (non-hydrogen) atoms. The number of sulfonamides is 1. The zero-order valence-corrected chi connectivity index (χ0v) is 14.6. The molecule has 0 aliphatic heterocycles. The van der Waals surface area contributed by atoms with Gasteiger partial charge in [0.25, 0.3) is 0 Å². The standard InChI is InChI=1S/C15H18N6O3S/c1-16-13-7-8-14-18-19-15(21(14)20-13)9-10-17-25(22,23)12-6-4-3-5-11(12)24-2/h3-8,17H,9-10H2,1-2H3,(H,16,20). The smallest absolute Gasteiger partial charge is 0.244 e. The Bertz CT molecular complexity index is 986. The molecule has 0 saturated carbocycles. The van der Waals surface area contributed by atoms with Gasteiger partial charge in [-0.15, -0.1) is 15.3 Å². The van der Waals surface area contributed by atoms with Gasteiger partial charge < -0.3 is 10.1 Å². The third kappa shape index (κ3) is 3.54. The average molecular weight is 362 g/mol. The van der Waals surface area contributed by atoms with E-state index in [-0.39, 0.29) is 11.4 Å². The summed E-state index contributed by atoms with van der Waals surface area (Å²) in [6, 6.07) is 10.0. The summed E-state index contributed by atoms with van der Waals surface area (Å²) in [5.41, 5.74) is 0.599. The van der Waals surface area contributed by atoms with E-state index in [1.54, 1.807) is 41.9 Å². The van der Waals surface area contributed by atoms with Gasteiger partial charge in [-0.3, -0.25) is 0 Å². The van der Waals surface area contributed by atoms with Crippen molar-refractivity contribution in [2.45, 2.75) is 11.3 Å².